The fourth-order valence-electron chi connectivity index (χ4n) is 1.56. The SMILES string of the molecule is CN(C)c1cccc(Nc2cc(N)nc(N)n2)c1. The third-order valence-corrected chi connectivity index (χ3v) is 2.40. The van der Waals surface area contributed by atoms with E-state index in [1.165, 1.54) is 0 Å². The van der Waals surface area contributed by atoms with Crippen LogP contribution in [0.15, 0.2) is 30.3 Å². The second-order valence-corrected chi connectivity index (χ2v) is 4.11. The average molecular weight is 244 g/mol. The predicted octanol–water partition coefficient (Wildman–Crippen LogP) is 1.45. The fourth-order valence-corrected chi connectivity index (χ4v) is 1.56. The molecule has 5 N–H and O–H groups in total. The van der Waals surface area contributed by atoms with E-state index in [0.29, 0.717) is 11.6 Å². The molecule has 0 saturated heterocycles. The molecule has 0 aliphatic rings. The van der Waals surface area contributed by atoms with Crippen LogP contribution < -0.4 is 21.7 Å². The number of nitrogens with one attached hydrogen (secondary N) is 1. The zero-order valence-corrected chi connectivity index (χ0v) is 10.4. The lowest BCUT2D eigenvalue weighted by atomic mass is 10.2. The van der Waals surface area contributed by atoms with Gasteiger partial charge in [-0.2, -0.15) is 9.97 Å². The molecule has 0 unspecified atom stereocenters. The quantitative estimate of drug-likeness (QED) is 0.756. The van der Waals surface area contributed by atoms with E-state index in [1.54, 1.807) is 6.07 Å². The van der Waals surface area contributed by atoms with E-state index < -0.39 is 0 Å². The van der Waals surface area contributed by atoms with E-state index >= 15 is 0 Å². The highest BCUT2D eigenvalue weighted by Crippen LogP contribution is 2.21. The van der Waals surface area contributed by atoms with Gasteiger partial charge in [-0.05, 0) is 18.2 Å². The van der Waals surface area contributed by atoms with Crippen molar-refractivity contribution < 1.29 is 0 Å². The molecule has 0 atom stereocenters. The molecule has 2 aromatic rings. The van der Waals surface area contributed by atoms with Gasteiger partial charge in [-0.1, -0.05) is 6.07 Å². The van der Waals surface area contributed by atoms with Crippen LogP contribution in [0.4, 0.5) is 29.0 Å². The largest absolute Gasteiger partial charge is 0.383 e. The number of benzene rings is 1. The fraction of sp³-hybridized carbons (Fsp3) is 0.167. The van der Waals surface area contributed by atoms with Crippen molar-refractivity contribution in [2.24, 2.45) is 0 Å². The molecule has 6 heteroatoms. The first-order valence-electron chi connectivity index (χ1n) is 5.49. The van der Waals surface area contributed by atoms with Crippen molar-refractivity contribution in [1.82, 2.24) is 9.97 Å². The van der Waals surface area contributed by atoms with Gasteiger partial charge in [0.15, 0.2) is 0 Å². The Morgan fingerprint density at radius 2 is 1.89 bits per heavy atom. The maximum atomic E-state index is 5.61. The standard InChI is InChI=1S/C12H16N6/c1-18(2)9-5-3-4-8(6-9)15-11-7-10(13)16-12(14)17-11/h3-7H,1-2H3,(H5,13,14,15,16,17). The summed E-state index contributed by atoms with van der Waals surface area (Å²) < 4.78 is 0. The van der Waals surface area contributed by atoms with Crippen LogP contribution in [0.5, 0.6) is 0 Å². The summed E-state index contributed by atoms with van der Waals surface area (Å²) in [4.78, 5) is 9.91. The number of hydrogen-bond donors (Lipinski definition) is 3. The third-order valence-electron chi connectivity index (χ3n) is 2.40. The summed E-state index contributed by atoms with van der Waals surface area (Å²) in [5.41, 5.74) is 13.2. The Labute approximate surface area is 106 Å². The van der Waals surface area contributed by atoms with Crippen LogP contribution in [0, 0.1) is 0 Å². The second kappa shape index (κ2) is 4.79. The average Bonchev–Trinajstić information content (AvgIpc) is 2.27. The van der Waals surface area contributed by atoms with Crippen molar-refractivity contribution in [2.45, 2.75) is 0 Å². The van der Waals surface area contributed by atoms with Crippen LogP contribution in [-0.4, -0.2) is 24.1 Å². The first-order chi connectivity index (χ1) is 8.54. The van der Waals surface area contributed by atoms with Crippen molar-refractivity contribution in [3.63, 3.8) is 0 Å². The number of aromatic nitrogens is 2. The van der Waals surface area contributed by atoms with Crippen molar-refractivity contribution >= 4 is 29.0 Å². The molecule has 18 heavy (non-hydrogen) atoms. The molecule has 6 nitrogen and oxygen atoms in total. The molecule has 0 radical (unpaired) electrons. The molecular formula is C12H16N6. The molecule has 1 heterocycles. The van der Waals surface area contributed by atoms with Gasteiger partial charge in [-0.25, -0.2) is 0 Å². The molecule has 2 rings (SSSR count). The van der Waals surface area contributed by atoms with Crippen molar-refractivity contribution in [2.75, 3.05) is 35.8 Å². The van der Waals surface area contributed by atoms with E-state index in [1.807, 2.05) is 43.3 Å². The second-order valence-electron chi connectivity index (χ2n) is 4.11. The molecular weight excluding hydrogens is 228 g/mol. The Hall–Kier alpha value is -2.50. The molecule has 1 aromatic heterocycles. The van der Waals surface area contributed by atoms with E-state index in [0.717, 1.165) is 11.4 Å². The topological polar surface area (TPSA) is 93.1 Å². The van der Waals surface area contributed by atoms with Crippen LogP contribution in [0.25, 0.3) is 0 Å². The molecule has 0 aliphatic carbocycles. The van der Waals surface area contributed by atoms with Gasteiger partial charge in [0.05, 0.1) is 0 Å². The monoisotopic (exact) mass is 244 g/mol. The van der Waals surface area contributed by atoms with Gasteiger partial charge in [0, 0.05) is 31.5 Å². The van der Waals surface area contributed by atoms with Crippen LogP contribution in [0.3, 0.4) is 0 Å². The van der Waals surface area contributed by atoms with Gasteiger partial charge in [-0.3, -0.25) is 0 Å². The summed E-state index contributed by atoms with van der Waals surface area (Å²) in [7, 11) is 3.97. The normalized spacial score (nSPS) is 10.1. The zero-order valence-electron chi connectivity index (χ0n) is 10.4. The maximum absolute atomic E-state index is 5.61. The zero-order chi connectivity index (χ0) is 13.1. The van der Waals surface area contributed by atoms with Gasteiger partial charge in [0.1, 0.15) is 11.6 Å². The molecule has 94 valence electrons. The lowest BCUT2D eigenvalue weighted by Crippen LogP contribution is -2.08. The van der Waals surface area contributed by atoms with E-state index in [-0.39, 0.29) is 5.95 Å². The first kappa shape index (κ1) is 12.0. The summed E-state index contributed by atoms with van der Waals surface area (Å²) in [6.07, 6.45) is 0. The number of nitrogens with two attached hydrogens (primary N) is 2. The van der Waals surface area contributed by atoms with Gasteiger partial charge < -0.3 is 21.7 Å². The smallest absolute Gasteiger partial charge is 0.223 e. The summed E-state index contributed by atoms with van der Waals surface area (Å²) in [5.74, 6) is 1.07. The Balaban J connectivity index is 2.25. The summed E-state index contributed by atoms with van der Waals surface area (Å²) in [5, 5.41) is 3.14. The van der Waals surface area contributed by atoms with Crippen LogP contribution in [-0.2, 0) is 0 Å². The molecule has 0 amide bonds. The van der Waals surface area contributed by atoms with Gasteiger partial charge in [0.2, 0.25) is 5.95 Å². The molecule has 0 bridgehead atoms. The third kappa shape index (κ3) is 2.79. The summed E-state index contributed by atoms with van der Waals surface area (Å²) in [6.45, 7) is 0. The lowest BCUT2D eigenvalue weighted by Gasteiger charge is -2.14. The molecule has 0 saturated carbocycles. The van der Waals surface area contributed by atoms with Gasteiger partial charge in [-0.15, -0.1) is 0 Å². The molecule has 0 spiro atoms. The maximum Gasteiger partial charge on any atom is 0.223 e. The highest BCUT2D eigenvalue weighted by atomic mass is 15.1. The minimum Gasteiger partial charge on any atom is -0.383 e. The van der Waals surface area contributed by atoms with Crippen molar-refractivity contribution in [3.8, 4) is 0 Å². The summed E-state index contributed by atoms with van der Waals surface area (Å²) >= 11 is 0. The number of nitrogens with zero attached hydrogens (tertiary/aromatic N) is 3. The van der Waals surface area contributed by atoms with Gasteiger partial charge >= 0.3 is 0 Å². The van der Waals surface area contributed by atoms with Gasteiger partial charge in [0.25, 0.3) is 0 Å². The minimum atomic E-state index is 0.154. The highest BCUT2D eigenvalue weighted by Gasteiger charge is 2.02. The Kier molecular flexibility index (Phi) is 3.18. The Morgan fingerprint density at radius 1 is 1.11 bits per heavy atom. The number of nitrogen functional groups attached to an aromatic ring is 2. The molecule has 0 aliphatic heterocycles. The molecule has 1 aromatic carbocycles. The number of hydrogen-bond acceptors (Lipinski definition) is 6. The van der Waals surface area contributed by atoms with Crippen LogP contribution in [0.2, 0.25) is 0 Å². The Bertz CT molecular complexity index is 532. The van der Waals surface area contributed by atoms with E-state index in [2.05, 4.69) is 15.3 Å². The summed E-state index contributed by atoms with van der Waals surface area (Å²) in [6, 6.07) is 9.58. The molecule has 0 fully saturated rings. The number of anilines is 5. The highest BCUT2D eigenvalue weighted by molar-refractivity contribution is 5.64. The minimum absolute atomic E-state index is 0.154. The Morgan fingerprint density at radius 3 is 2.56 bits per heavy atom. The van der Waals surface area contributed by atoms with Crippen LogP contribution >= 0.6 is 0 Å². The lowest BCUT2D eigenvalue weighted by molar-refractivity contribution is 1.13. The number of rotatable bonds is 3. The van der Waals surface area contributed by atoms with Crippen molar-refractivity contribution in [1.29, 1.82) is 0 Å². The van der Waals surface area contributed by atoms with E-state index in [4.69, 9.17) is 11.5 Å². The van der Waals surface area contributed by atoms with Crippen molar-refractivity contribution in [3.05, 3.63) is 30.3 Å². The van der Waals surface area contributed by atoms with E-state index in [9.17, 15) is 0 Å². The predicted molar refractivity (Wildman–Crippen MR) is 74.9 cm³/mol. The van der Waals surface area contributed by atoms with Crippen LogP contribution in [0.1, 0.15) is 0 Å². The first-order valence-corrected chi connectivity index (χ1v) is 5.49.